The molecule has 13 heavy (non-hydrogen) atoms. The van der Waals surface area contributed by atoms with Crippen molar-refractivity contribution in [3.63, 3.8) is 0 Å². The Morgan fingerprint density at radius 3 is 3.08 bits per heavy atom. The summed E-state index contributed by atoms with van der Waals surface area (Å²) in [6, 6.07) is 1.61. The Bertz CT molecular complexity index is 333. The molecule has 0 aromatic carbocycles. The van der Waals surface area contributed by atoms with Gasteiger partial charge in [0.1, 0.15) is 0 Å². The van der Waals surface area contributed by atoms with Crippen LogP contribution < -0.4 is 9.47 Å². The van der Waals surface area contributed by atoms with Gasteiger partial charge in [0, 0.05) is 12.3 Å². The summed E-state index contributed by atoms with van der Waals surface area (Å²) in [6.07, 6.45) is 6.50. The van der Waals surface area contributed by atoms with Crippen LogP contribution in [0.15, 0.2) is 12.3 Å². The van der Waals surface area contributed by atoms with Gasteiger partial charge in [-0.25, -0.2) is 4.98 Å². The van der Waals surface area contributed by atoms with Crippen molar-refractivity contribution in [3.05, 3.63) is 17.3 Å². The molecule has 1 heterocycles. The molecular weight excluding hydrogens is 190 g/mol. The highest BCUT2D eigenvalue weighted by Crippen LogP contribution is 2.26. The Labute approximate surface area is 81.6 Å². The van der Waals surface area contributed by atoms with Crippen LogP contribution in [0.1, 0.15) is 0 Å². The molecule has 0 saturated carbocycles. The van der Waals surface area contributed by atoms with Crippen molar-refractivity contribution in [1.29, 1.82) is 0 Å². The molecule has 0 aliphatic carbocycles. The zero-order chi connectivity index (χ0) is 9.68. The van der Waals surface area contributed by atoms with Gasteiger partial charge in [-0.1, -0.05) is 17.5 Å². The number of nitrogens with zero attached hydrogens (tertiary/aromatic N) is 1. The monoisotopic (exact) mass is 197 g/mol. The van der Waals surface area contributed by atoms with Gasteiger partial charge < -0.3 is 9.47 Å². The van der Waals surface area contributed by atoms with Crippen molar-refractivity contribution in [2.45, 2.75) is 0 Å². The van der Waals surface area contributed by atoms with E-state index in [1.165, 1.54) is 13.3 Å². The number of ether oxygens (including phenoxy) is 2. The zero-order valence-electron chi connectivity index (χ0n) is 7.08. The molecule has 0 N–H and O–H groups in total. The van der Waals surface area contributed by atoms with E-state index in [1.54, 1.807) is 6.07 Å². The second-order valence-corrected chi connectivity index (χ2v) is 2.59. The number of rotatable bonds is 3. The van der Waals surface area contributed by atoms with Gasteiger partial charge in [-0.05, 0) is 0 Å². The van der Waals surface area contributed by atoms with Crippen molar-refractivity contribution in [3.8, 4) is 24.0 Å². The molecule has 68 valence electrons. The van der Waals surface area contributed by atoms with Crippen molar-refractivity contribution < 1.29 is 9.47 Å². The summed E-state index contributed by atoms with van der Waals surface area (Å²) in [4.78, 5) is 3.91. The highest BCUT2D eigenvalue weighted by atomic mass is 35.5. The van der Waals surface area contributed by atoms with Crippen LogP contribution in [-0.2, 0) is 0 Å². The van der Waals surface area contributed by atoms with E-state index in [0.29, 0.717) is 16.7 Å². The Kier molecular flexibility index (Phi) is 3.41. The lowest BCUT2D eigenvalue weighted by Gasteiger charge is -2.06. The fraction of sp³-hybridized carbons (Fsp3) is 0.222. The Hall–Kier alpha value is -1.40. The lowest BCUT2D eigenvalue weighted by Crippen LogP contribution is -1.98. The van der Waals surface area contributed by atoms with Crippen LogP contribution >= 0.6 is 11.6 Å². The second kappa shape index (κ2) is 4.58. The fourth-order valence-electron chi connectivity index (χ4n) is 0.773. The molecule has 0 saturated heterocycles. The summed E-state index contributed by atoms with van der Waals surface area (Å²) in [5.74, 6) is 3.16. The standard InChI is InChI=1S/C9H8ClNO2/c1-3-4-13-9-8(12-2)5-7(10)6-11-9/h1,5-6H,4H2,2H3. The minimum absolute atomic E-state index is 0.158. The molecule has 1 rings (SSSR count). The van der Waals surface area contributed by atoms with E-state index in [4.69, 9.17) is 27.5 Å². The summed E-state index contributed by atoms with van der Waals surface area (Å²) in [5.41, 5.74) is 0. The van der Waals surface area contributed by atoms with Gasteiger partial charge in [-0.2, -0.15) is 0 Å². The number of terminal acetylenes is 1. The van der Waals surface area contributed by atoms with Gasteiger partial charge in [0.15, 0.2) is 12.4 Å². The zero-order valence-corrected chi connectivity index (χ0v) is 7.84. The smallest absolute Gasteiger partial charge is 0.258 e. The maximum atomic E-state index is 5.69. The maximum Gasteiger partial charge on any atom is 0.258 e. The number of halogens is 1. The maximum absolute atomic E-state index is 5.69. The van der Waals surface area contributed by atoms with Gasteiger partial charge in [0.2, 0.25) is 0 Å². The van der Waals surface area contributed by atoms with E-state index in [-0.39, 0.29) is 6.61 Å². The Morgan fingerprint density at radius 1 is 1.69 bits per heavy atom. The van der Waals surface area contributed by atoms with Gasteiger partial charge >= 0.3 is 0 Å². The van der Waals surface area contributed by atoms with Crippen molar-refractivity contribution in [2.24, 2.45) is 0 Å². The lowest BCUT2D eigenvalue weighted by atomic mass is 10.4. The van der Waals surface area contributed by atoms with Crippen molar-refractivity contribution in [1.82, 2.24) is 4.98 Å². The molecule has 0 aliphatic heterocycles. The van der Waals surface area contributed by atoms with Crippen LogP contribution in [0.4, 0.5) is 0 Å². The molecule has 0 aliphatic rings. The number of methoxy groups -OCH3 is 1. The van der Waals surface area contributed by atoms with Gasteiger partial charge in [0.25, 0.3) is 5.88 Å². The molecule has 0 atom stereocenters. The summed E-state index contributed by atoms with van der Waals surface area (Å²) >= 11 is 5.69. The normalized spacial score (nSPS) is 9.00. The minimum Gasteiger partial charge on any atom is -0.491 e. The van der Waals surface area contributed by atoms with Gasteiger partial charge in [-0.3, -0.25) is 0 Å². The summed E-state index contributed by atoms with van der Waals surface area (Å²) < 4.78 is 10.1. The first-order valence-electron chi connectivity index (χ1n) is 3.53. The number of hydrogen-bond acceptors (Lipinski definition) is 3. The van der Waals surface area contributed by atoms with Crippen molar-refractivity contribution >= 4 is 11.6 Å². The van der Waals surface area contributed by atoms with E-state index < -0.39 is 0 Å². The lowest BCUT2D eigenvalue weighted by molar-refractivity contribution is 0.318. The summed E-state index contributed by atoms with van der Waals surface area (Å²) in [7, 11) is 1.51. The molecule has 0 amide bonds. The van der Waals surface area contributed by atoms with E-state index in [9.17, 15) is 0 Å². The molecule has 0 spiro atoms. The van der Waals surface area contributed by atoms with Crippen LogP contribution in [0.25, 0.3) is 0 Å². The first kappa shape index (κ1) is 9.69. The van der Waals surface area contributed by atoms with Gasteiger partial charge in [0.05, 0.1) is 12.1 Å². The number of aromatic nitrogens is 1. The first-order chi connectivity index (χ1) is 6.27. The SMILES string of the molecule is C#CCOc1ncc(Cl)cc1OC. The molecule has 1 aromatic rings. The van der Waals surface area contributed by atoms with E-state index >= 15 is 0 Å². The largest absolute Gasteiger partial charge is 0.491 e. The minimum atomic E-state index is 0.158. The first-order valence-corrected chi connectivity index (χ1v) is 3.91. The summed E-state index contributed by atoms with van der Waals surface area (Å²) in [5, 5.41) is 0.491. The predicted molar refractivity (Wildman–Crippen MR) is 50.1 cm³/mol. The second-order valence-electron chi connectivity index (χ2n) is 2.15. The van der Waals surface area contributed by atoms with Crippen LogP contribution in [0.2, 0.25) is 5.02 Å². The molecule has 4 heteroatoms. The number of hydrogen-bond donors (Lipinski definition) is 0. The molecule has 0 unspecified atom stereocenters. The third-order valence-electron chi connectivity index (χ3n) is 1.30. The fourth-order valence-corrected chi connectivity index (χ4v) is 0.921. The molecular formula is C9H8ClNO2. The molecule has 3 nitrogen and oxygen atoms in total. The van der Waals surface area contributed by atoms with Crippen LogP contribution in [0.5, 0.6) is 11.6 Å². The Morgan fingerprint density at radius 2 is 2.46 bits per heavy atom. The van der Waals surface area contributed by atoms with E-state index in [2.05, 4.69) is 10.9 Å². The third kappa shape index (κ3) is 2.53. The summed E-state index contributed by atoms with van der Waals surface area (Å²) in [6.45, 7) is 0.158. The van der Waals surface area contributed by atoms with Crippen LogP contribution in [0.3, 0.4) is 0 Å². The quantitative estimate of drug-likeness (QED) is 0.692. The third-order valence-corrected chi connectivity index (χ3v) is 1.50. The average Bonchev–Trinajstić information content (AvgIpc) is 2.16. The average molecular weight is 198 g/mol. The van der Waals surface area contributed by atoms with E-state index in [0.717, 1.165) is 0 Å². The highest BCUT2D eigenvalue weighted by molar-refractivity contribution is 6.30. The van der Waals surface area contributed by atoms with Crippen LogP contribution in [0, 0.1) is 12.3 Å². The Balaban J connectivity index is 2.87. The molecule has 0 fully saturated rings. The number of pyridine rings is 1. The highest BCUT2D eigenvalue weighted by Gasteiger charge is 2.05. The van der Waals surface area contributed by atoms with E-state index in [1.807, 2.05) is 0 Å². The topological polar surface area (TPSA) is 31.4 Å². The van der Waals surface area contributed by atoms with Gasteiger partial charge in [-0.15, -0.1) is 6.42 Å². The predicted octanol–water partition coefficient (Wildman–Crippen LogP) is 1.76. The molecule has 0 bridgehead atoms. The van der Waals surface area contributed by atoms with Crippen LogP contribution in [-0.4, -0.2) is 18.7 Å². The van der Waals surface area contributed by atoms with Crippen molar-refractivity contribution in [2.75, 3.05) is 13.7 Å². The molecule has 1 aromatic heterocycles. The molecule has 0 radical (unpaired) electrons.